The van der Waals surface area contributed by atoms with Crippen molar-refractivity contribution in [3.05, 3.63) is 54.1 Å². The van der Waals surface area contributed by atoms with Crippen molar-refractivity contribution < 1.29 is 9.47 Å². The van der Waals surface area contributed by atoms with Crippen LogP contribution in [-0.2, 0) is 6.42 Å². The fraction of sp³-hybridized carbons (Fsp3) is 0.278. The molecule has 3 rings (SSSR count). The molecule has 0 saturated carbocycles. The van der Waals surface area contributed by atoms with E-state index in [0.717, 1.165) is 23.6 Å². The average molecular weight is 439 g/mol. The van der Waals surface area contributed by atoms with Crippen LogP contribution in [0.15, 0.2) is 53.5 Å². The van der Waals surface area contributed by atoms with Gasteiger partial charge in [0, 0.05) is 5.69 Å². The van der Waals surface area contributed by atoms with Gasteiger partial charge in [0.25, 0.3) is 0 Å². The molecule has 0 amide bonds. The molecular formula is C18H22IN3O2. The molecule has 0 radical (unpaired) electrons. The Bertz CT molecular complexity index is 689. The monoisotopic (exact) mass is 439 g/mol. The lowest BCUT2D eigenvalue weighted by atomic mass is 10.1. The zero-order valence-electron chi connectivity index (χ0n) is 13.6. The number of guanidine groups is 1. The maximum Gasteiger partial charge on any atom is 0.193 e. The Balaban J connectivity index is 0.00000208. The first-order valence-electron chi connectivity index (χ1n) is 7.79. The summed E-state index contributed by atoms with van der Waals surface area (Å²) in [6, 6.07) is 15.8. The summed E-state index contributed by atoms with van der Waals surface area (Å²) in [5, 5.41) is 3.08. The van der Waals surface area contributed by atoms with E-state index in [1.165, 1.54) is 5.56 Å². The fourth-order valence-corrected chi connectivity index (χ4v) is 2.36. The summed E-state index contributed by atoms with van der Waals surface area (Å²) >= 11 is 0. The van der Waals surface area contributed by atoms with Crippen LogP contribution in [0.4, 0.5) is 5.69 Å². The van der Waals surface area contributed by atoms with Crippen LogP contribution in [0, 0.1) is 0 Å². The number of hydrogen-bond acceptors (Lipinski definition) is 3. The molecule has 0 aromatic heterocycles. The Labute approximate surface area is 159 Å². The number of hydrogen-bond donors (Lipinski definition) is 2. The molecule has 6 heteroatoms. The maximum absolute atomic E-state index is 5.93. The second kappa shape index (κ2) is 8.77. The van der Waals surface area contributed by atoms with Gasteiger partial charge in [0.2, 0.25) is 0 Å². The summed E-state index contributed by atoms with van der Waals surface area (Å²) in [6.45, 7) is 3.04. The van der Waals surface area contributed by atoms with Crippen LogP contribution in [0.3, 0.4) is 0 Å². The molecule has 24 heavy (non-hydrogen) atoms. The van der Waals surface area contributed by atoms with E-state index < -0.39 is 0 Å². The van der Waals surface area contributed by atoms with Gasteiger partial charge in [-0.25, -0.2) is 4.99 Å². The summed E-state index contributed by atoms with van der Waals surface area (Å²) in [5.41, 5.74) is 8.15. The number of fused-ring (bicyclic) bond motifs is 1. The maximum atomic E-state index is 5.93. The molecule has 0 saturated heterocycles. The Hall–Kier alpha value is -1.96. The molecule has 2 aromatic carbocycles. The number of halogens is 1. The molecule has 1 unspecified atom stereocenters. The summed E-state index contributed by atoms with van der Waals surface area (Å²) in [7, 11) is 0. The van der Waals surface area contributed by atoms with Crippen molar-refractivity contribution in [3.63, 3.8) is 0 Å². The fourth-order valence-electron chi connectivity index (χ4n) is 2.36. The van der Waals surface area contributed by atoms with E-state index in [0.29, 0.717) is 19.1 Å². The van der Waals surface area contributed by atoms with Gasteiger partial charge in [0.15, 0.2) is 23.6 Å². The minimum atomic E-state index is -0.132. The van der Waals surface area contributed by atoms with Crippen LogP contribution in [-0.4, -0.2) is 25.2 Å². The van der Waals surface area contributed by atoms with Gasteiger partial charge in [-0.15, -0.1) is 24.0 Å². The number of aryl methyl sites for hydroxylation is 1. The van der Waals surface area contributed by atoms with Crippen molar-refractivity contribution in [2.45, 2.75) is 19.4 Å². The average Bonchev–Trinajstić information content (AvgIpc) is 2.60. The molecule has 1 atom stereocenters. The van der Waals surface area contributed by atoms with E-state index in [-0.39, 0.29) is 30.1 Å². The molecule has 3 N–H and O–H groups in total. The number of nitrogens with one attached hydrogen (secondary N) is 1. The van der Waals surface area contributed by atoms with Crippen molar-refractivity contribution in [2.75, 3.05) is 18.5 Å². The molecule has 0 spiro atoms. The van der Waals surface area contributed by atoms with Crippen molar-refractivity contribution in [1.82, 2.24) is 0 Å². The van der Waals surface area contributed by atoms with Crippen LogP contribution in [0.2, 0.25) is 0 Å². The molecule has 128 valence electrons. The first kappa shape index (κ1) is 18.4. The molecule has 1 heterocycles. The number of rotatable bonds is 4. The van der Waals surface area contributed by atoms with E-state index in [9.17, 15) is 0 Å². The summed E-state index contributed by atoms with van der Waals surface area (Å²) in [5.74, 6) is 1.90. The zero-order chi connectivity index (χ0) is 16.1. The molecule has 0 fully saturated rings. The van der Waals surface area contributed by atoms with Gasteiger partial charge in [-0.3, -0.25) is 0 Å². The van der Waals surface area contributed by atoms with Gasteiger partial charge in [0.1, 0.15) is 6.61 Å². The Morgan fingerprint density at radius 2 is 1.88 bits per heavy atom. The van der Waals surface area contributed by atoms with E-state index >= 15 is 0 Å². The van der Waals surface area contributed by atoms with E-state index in [1.54, 1.807) is 0 Å². The van der Waals surface area contributed by atoms with Gasteiger partial charge in [-0.2, -0.15) is 0 Å². The molecule has 5 nitrogen and oxygen atoms in total. The van der Waals surface area contributed by atoms with Crippen molar-refractivity contribution in [2.24, 2.45) is 10.7 Å². The second-order valence-corrected chi connectivity index (χ2v) is 5.40. The third-order valence-electron chi connectivity index (χ3n) is 3.67. The first-order valence-corrected chi connectivity index (χ1v) is 7.79. The van der Waals surface area contributed by atoms with Crippen LogP contribution in [0.5, 0.6) is 11.5 Å². The highest BCUT2D eigenvalue weighted by Crippen LogP contribution is 2.30. The topological polar surface area (TPSA) is 68.9 Å². The normalized spacial score (nSPS) is 16.2. The van der Waals surface area contributed by atoms with Crippen molar-refractivity contribution >= 4 is 35.6 Å². The highest BCUT2D eigenvalue weighted by Gasteiger charge is 2.20. The third-order valence-corrected chi connectivity index (χ3v) is 3.67. The Morgan fingerprint density at radius 1 is 1.17 bits per heavy atom. The molecule has 0 aliphatic carbocycles. The minimum absolute atomic E-state index is 0. The number of anilines is 1. The molecule has 0 bridgehead atoms. The molecule has 2 aromatic rings. The van der Waals surface area contributed by atoms with Crippen LogP contribution < -0.4 is 20.5 Å². The smallest absolute Gasteiger partial charge is 0.193 e. The van der Waals surface area contributed by atoms with E-state index in [1.807, 2.05) is 36.4 Å². The first-order chi connectivity index (χ1) is 11.2. The molecule has 1 aliphatic heterocycles. The molecular weight excluding hydrogens is 417 g/mol. The third kappa shape index (κ3) is 4.77. The van der Waals surface area contributed by atoms with Gasteiger partial charge in [0.05, 0.1) is 6.54 Å². The number of para-hydroxylation sites is 2. The van der Waals surface area contributed by atoms with Crippen LogP contribution in [0.1, 0.15) is 12.5 Å². The summed E-state index contributed by atoms with van der Waals surface area (Å²) < 4.78 is 11.5. The van der Waals surface area contributed by atoms with E-state index in [2.05, 4.69) is 29.4 Å². The van der Waals surface area contributed by atoms with Crippen molar-refractivity contribution in [3.8, 4) is 11.5 Å². The standard InChI is InChI=1S/C18H21N3O2.HI/c1-2-13-7-9-14(10-8-13)21-18(19)20-11-15-12-22-16-5-3-4-6-17(16)23-15;/h3-10,15H,2,11-12H2,1H3,(H3,19,20,21);1H. The largest absolute Gasteiger partial charge is 0.486 e. The highest BCUT2D eigenvalue weighted by molar-refractivity contribution is 14.0. The Kier molecular flexibility index (Phi) is 6.72. The van der Waals surface area contributed by atoms with E-state index in [4.69, 9.17) is 15.2 Å². The molecule has 1 aliphatic rings. The summed E-state index contributed by atoms with van der Waals surface area (Å²) in [4.78, 5) is 4.34. The lowest BCUT2D eigenvalue weighted by Crippen LogP contribution is -2.33. The minimum Gasteiger partial charge on any atom is -0.486 e. The lowest BCUT2D eigenvalue weighted by Gasteiger charge is -2.25. The van der Waals surface area contributed by atoms with Crippen molar-refractivity contribution in [1.29, 1.82) is 0 Å². The Morgan fingerprint density at radius 3 is 2.58 bits per heavy atom. The van der Waals surface area contributed by atoms with Crippen LogP contribution >= 0.6 is 24.0 Å². The second-order valence-electron chi connectivity index (χ2n) is 5.40. The predicted molar refractivity (Wildman–Crippen MR) is 108 cm³/mol. The van der Waals surface area contributed by atoms with Crippen LogP contribution in [0.25, 0.3) is 0 Å². The highest BCUT2D eigenvalue weighted by atomic mass is 127. The van der Waals surface area contributed by atoms with Gasteiger partial charge in [-0.05, 0) is 36.2 Å². The number of ether oxygens (including phenoxy) is 2. The quantitative estimate of drug-likeness (QED) is 0.435. The van der Waals surface area contributed by atoms with Gasteiger partial charge >= 0.3 is 0 Å². The number of benzene rings is 2. The number of nitrogens with zero attached hydrogens (tertiary/aromatic N) is 1. The number of aliphatic imine (C=N–C) groups is 1. The predicted octanol–water partition coefficient (Wildman–Crippen LogP) is 3.43. The SMILES string of the molecule is CCc1ccc(NC(N)=NCC2COc3ccccc3O2)cc1.I. The number of nitrogens with two attached hydrogens (primary N) is 1. The van der Waals surface area contributed by atoms with Gasteiger partial charge < -0.3 is 20.5 Å². The zero-order valence-corrected chi connectivity index (χ0v) is 15.9. The summed E-state index contributed by atoms with van der Waals surface area (Å²) in [6.07, 6.45) is 0.886. The van der Waals surface area contributed by atoms with Gasteiger partial charge in [-0.1, -0.05) is 31.2 Å². The lowest BCUT2D eigenvalue weighted by molar-refractivity contribution is 0.0972.